The molecule has 35 heavy (non-hydrogen) atoms. The van der Waals surface area contributed by atoms with Crippen LogP contribution in [0.25, 0.3) is 10.3 Å². The molecule has 3 aromatic rings. The van der Waals surface area contributed by atoms with Crippen LogP contribution in [0.2, 0.25) is 5.88 Å². The quantitative estimate of drug-likeness (QED) is 0.403. The lowest BCUT2D eigenvalue weighted by Gasteiger charge is -2.32. The Morgan fingerprint density at radius 2 is 2.11 bits per heavy atom. The number of carboxylic acids is 2. The van der Waals surface area contributed by atoms with Gasteiger partial charge in [-0.05, 0) is 30.4 Å². The number of rotatable bonds is 6. The van der Waals surface area contributed by atoms with Crippen molar-refractivity contribution in [1.29, 1.82) is 5.26 Å². The van der Waals surface area contributed by atoms with Gasteiger partial charge in [-0.1, -0.05) is 29.0 Å². The third-order valence-corrected chi connectivity index (χ3v) is 4.77. The normalized spacial score (nSPS) is 23.5. The van der Waals surface area contributed by atoms with Crippen LogP contribution in [0.3, 0.4) is 0 Å². The van der Waals surface area contributed by atoms with Crippen molar-refractivity contribution in [1.82, 2.24) is 19.9 Å². The van der Waals surface area contributed by atoms with Crippen LogP contribution >= 0.6 is 22.9 Å². The maximum absolute atomic E-state index is 14.3. The van der Waals surface area contributed by atoms with Gasteiger partial charge in [0.25, 0.3) is 0 Å². The number of carbonyl (C=O) groups is 2. The molecule has 0 unspecified atom stereocenters. The van der Waals surface area contributed by atoms with E-state index in [9.17, 15) is 19.2 Å². The van der Waals surface area contributed by atoms with Crippen molar-refractivity contribution >= 4 is 51.0 Å². The Morgan fingerprint density at radius 1 is 1.43 bits per heavy atom. The highest BCUT2D eigenvalue weighted by Crippen LogP contribution is 2.28. The molecule has 1 aromatic carbocycles. The molecule has 0 saturated carbocycles. The summed E-state index contributed by atoms with van der Waals surface area (Å²) in [4.78, 5) is 31.2. The average Bonchev–Trinajstić information content (AvgIpc) is 3.32. The number of nitriles is 1. The molecule has 10 nitrogen and oxygen atoms in total. The van der Waals surface area contributed by atoms with Gasteiger partial charge in [0.1, 0.15) is 29.9 Å². The summed E-state index contributed by atoms with van der Waals surface area (Å²) in [5.74, 6) is -4.59. The Kier molecular flexibility index (Phi) is 4.88. The summed E-state index contributed by atoms with van der Waals surface area (Å²) in [5, 5.41) is 25.0. The van der Waals surface area contributed by atoms with E-state index in [0.717, 1.165) is 11.3 Å². The Labute approximate surface area is 225 Å². The molecule has 1 aliphatic heterocycles. The average molecular weight is 531 g/mol. The van der Waals surface area contributed by atoms with Crippen molar-refractivity contribution in [2.45, 2.75) is 25.3 Å². The number of hydrogen-bond acceptors (Lipinski definition) is 9. The number of anilines is 1. The SMILES string of the molecule is O=C(O)/C=C\C(=O)O.[2H]c1nc(N([2H])C2([2H])C([2H])([2H])CN(C([2H])([2H])c3c([2H])c([2H])c(F)c(C#N)c3[2H])CC2([2H])[2H])c2nc(Cl)sc2n1. The molecule has 0 bridgehead atoms. The van der Waals surface area contributed by atoms with Gasteiger partial charge < -0.3 is 15.5 Å². The van der Waals surface area contributed by atoms with Gasteiger partial charge in [0, 0.05) is 46.0 Å². The van der Waals surface area contributed by atoms with Crippen molar-refractivity contribution in [3.63, 3.8) is 0 Å². The lowest BCUT2D eigenvalue weighted by atomic mass is 10.0. The van der Waals surface area contributed by atoms with E-state index in [1.54, 1.807) is 0 Å². The number of piperidine rings is 1. The molecule has 0 atom stereocenters. The topological polar surface area (TPSA) is 152 Å². The molecule has 3 N–H and O–H groups in total. The minimum Gasteiger partial charge on any atom is -0.478 e. The molecule has 0 spiro atoms. The van der Waals surface area contributed by atoms with E-state index in [-0.39, 0.29) is 20.1 Å². The zero-order valence-corrected chi connectivity index (χ0v) is 18.7. The lowest BCUT2D eigenvalue weighted by molar-refractivity contribution is -0.134. The third-order valence-electron chi connectivity index (χ3n) is 3.71. The molecule has 182 valence electrons. The zero-order chi connectivity index (χ0) is 36.0. The van der Waals surface area contributed by atoms with Gasteiger partial charge in [0.2, 0.25) is 0 Å². The summed E-state index contributed by atoms with van der Waals surface area (Å²) in [6.45, 7) is -5.25. The highest BCUT2D eigenvalue weighted by molar-refractivity contribution is 7.21. The molecule has 1 fully saturated rings. The van der Waals surface area contributed by atoms with Crippen LogP contribution in [0.5, 0.6) is 0 Å². The first-order valence-corrected chi connectivity index (χ1v) is 10.3. The number of hydrogen-bond donors (Lipinski definition) is 3. The first-order chi connectivity index (χ1) is 21.4. The number of fused-ring (bicyclic) bond motifs is 1. The smallest absolute Gasteiger partial charge is 0.328 e. The summed E-state index contributed by atoms with van der Waals surface area (Å²) >= 11 is 6.73. The second-order valence-electron chi connectivity index (χ2n) is 6.11. The van der Waals surface area contributed by atoms with Crippen LogP contribution in [-0.2, 0) is 16.1 Å². The summed E-state index contributed by atoms with van der Waals surface area (Å²) in [6.07, 6.45) is -5.69. The van der Waals surface area contributed by atoms with Gasteiger partial charge in [-0.15, -0.1) is 0 Å². The van der Waals surface area contributed by atoms with Crippen LogP contribution in [-0.4, -0.2) is 61.1 Å². The van der Waals surface area contributed by atoms with Crippen LogP contribution in [0.15, 0.2) is 36.6 Å². The molecular weight excluding hydrogens is 499 g/mol. The molecule has 0 radical (unpaired) electrons. The molecule has 3 heterocycles. The van der Waals surface area contributed by atoms with Crippen molar-refractivity contribution in [2.75, 3.05) is 18.4 Å². The standard InChI is InChI=1S/C18H16ClFN6S.C4H4O4/c19-18-25-15-16(22-10-23-17(15)27-18)24-13-3-5-26(6-4-13)9-11-1-2-14(20)12(7-11)8-21;5-3(6)1-2-4(7)8/h1-2,7,10,13H,3-6,9H2,(H,22,23,24);1-2H,(H,5,6)(H,7,8)/b;2-1-/i1D,2D,3D2,4D2,7D,9D2,10D,13D;/hD. The number of halogens is 2. The van der Waals surface area contributed by atoms with Gasteiger partial charge in [0.05, 0.1) is 11.0 Å². The van der Waals surface area contributed by atoms with E-state index in [0.29, 0.717) is 17.1 Å². The van der Waals surface area contributed by atoms with Crippen LogP contribution in [0, 0.1) is 17.1 Å². The minimum atomic E-state index is -3.13. The minimum absolute atomic E-state index is 0.0347. The largest absolute Gasteiger partial charge is 0.478 e. The van der Waals surface area contributed by atoms with Crippen molar-refractivity contribution < 1.29 is 40.7 Å². The van der Waals surface area contributed by atoms with Crippen LogP contribution in [0.1, 0.15) is 39.0 Å². The zero-order valence-electron chi connectivity index (χ0n) is 29.1. The Hall–Kier alpha value is -3.66. The fraction of sp³-hybridized carbons (Fsp3) is 0.273. The van der Waals surface area contributed by atoms with E-state index in [2.05, 4.69) is 15.0 Å². The molecule has 0 aliphatic carbocycles. The predicted molar refractivity (Wildman–Crippen MR) is 128 cm³/mol. The fourth-order valence-corrected chi connectivity index (χ4v) is 3.22. The molecular formula is C22H20ClFN6O4S. The first kappa shape index (κ1) is 14.0. The Morgan fingerprint density at radius 3 is 2.74 bits per heavy atom. The number of nitrogens with zero attached hydrogens (tertiary/aromatic N) is 5. The van der Waals surface area contributed by atoms with E-state index < -0.39 is 97.5 Å². The number of nitrogens with one attached hydrogen (secondary N) is 1. The Bertz CT molecular complexity index is 1810. The molecule has 4 rings (SSSR count). The third kappa shape index (κ3) is 7.68. The molecule has 13 heteroatoms. The second kappa shape index (κ2) is 12.2. The van der Waals surface area contributed by atoms with Gasteiger partial charge in [-0.2, -0.15) is 5.26 Å². The molecule has 1 aliphatic rings. The van der Waals surface area contributed by atoms with Crippen molar-refractivity contribution in [3.8, 4) is 6.07 Å². The number of benzene rings is 1. The fourth-order valence-electron chi connectivity index (χ4n) is 2.30. The van der Waals surface area contributed by atoms with E-state index in [1.165, 1.54) is 6.07 Å². The van der Waals surface area contributed by atoms with E-state index in [1.807, 2.05) is 0 Å². The van der Waals surface area contributed by atoms with Gasteiger partial charge >= 0.3 is 11.9 Å². The monoisotopic (exact) mass is 530 g/mol. The lowest BCUT2D eigenvalue weighted by Crippen LogP contribution is -2.38. The summed E-state index contributed by atoms with van der Waals surface area (Å²) in [7, 11) is 0. The molecule has 1 saturated heterocycles. The number of aromatic nitrogens is 3. The number of carboxylic acid groups (broad SMARTS) is 2. The second-order valence-corrected chi connectivity index (χ2v) is 7.67. The predicted octanol–water partition coefficient (Wildman–Crippen LogP) is 3.54. The number of aliphatic carboxylic acids is 2. The van der Waals surface area contributed by atoms with E-state index >= 15 is 0 Å². The highest BCUT2D eigenvalue weighted by Gasteiger charge is 2.21. The van der Waals surface area contributed by atoms with Gasteiger partial charge in [0.15, 0.2) is 11.7 Å². The first-order valence-electron chi connectivity index (χ1n) is 15.1. The van der Waals surface area contributed by atoms with Crippen LogP contribution in [0.4, 0.5) is 10.2 Å². The van der Waals surface area contributed by atoms with Crippen LogP contribution < -0.4 is 5.31 Å². The van der Waals surface area contributed by atoms with E-state index in [4.69, 9.17) is 38.3 Å². The summed E-state index contributed by atoms with van der Waals surface area (Å²) in [5.41, 5.74) is -2.14. The van der Waals surface area contributed by atoms with Gasteiger partial charge in [-0.3, -0.25) is 4.90 Å². The summed E-state index contributed by atoms with van der Waals surface area (Å²) < 4.78 is 115. The van der Waals surface area contributed by atoms with Crippen molar-refractivity contribution in [3.05, 3.63) is 58.0 Å². The van der Waals surface area contributed by atoms with Gasteiger partial charge in [-0.25, -0.2) is 28.9 Å². The Balaban J connectivity index is 0.000000665. The summed E-state index contributed by atoms with van der Waals surface area (Å²) in [6, 6.07) is -5.10. The highest BCUT2D eigenvalue weighted by atomic mass is 35.5. The maximum Gasteiger partial charge on any atom is 0.328 e. The molecule has 2 aromatic heterocycles. The number of likely N-dealkylation sites (tertiary alicyclic amines) is 1. The molecule has 0 amide bonds. The maximum atomic E-state index is 14.3. The van der Waals surface area contributed by atoms with Crippen molar-refractivity contribution in [2.24, 2.45) is 0 Å². The number of thiazole rings is 1.